The minimum Gasteiger partial charge on any atom is -0.328 e. The number of para-hydroxylation sites is 1. The molecule has 0 bridgehead atoms. The van der Waals surface area contributed by atoms with Crippen LogP contribution in [0.1, 0.15) is 68.2 Å². The van der Waals surface area contributed by atoms with Crippen LogP contribution in [0.3, 0.4) is 0 Å². The summed E-state index contributed by atoms with van der Waals surface area (Å²) in [6.07, 6.45) is 4.36. The van der Waals surface area contributed by atoms with Gasteiger partial charge in [-0.05, 0) is 31.0 Å². The number of amides is 1. The van der Waals surface area contributed by atoms with Crippen molar-refractivity contribution < 1.29 is 9.72 Å². The molecule has 34 heavy (non-hydrogen) atoms. The first-order valence-corrected chi connectivity index (χ1v) is 11.9. The molecule has 1 heterocycles. The molecule has 0 spiro atoms. The molecule has 180 valence electrons. The molecule has 2 aromatic carbocycles. The lowest BCUT2D eigenvalue weighted by atomic mass is 10.1. The average molecular weight is 485 g/mol. The van der Waals surface area contributed by atoms with E-state index in [9.17, 15) is 19.7 Å². The molecule has 1 amide bonds. The Bertz CT molecular complexity index is 1260. The number of fused-ring (bicyclic) bond motifs is 1. The van der Waals surface area contributed by atoms with E-state index in [1.54, 1.807) is 30.1 Å². The Balaban J connectivity index is 2.07. The highest BCUT2D eigenvalue weighted by molar-refractivity contribution is 6.34. The second-order valence-corrected chi connectivity index (χ2v) is 8.66. The molecule has 9 heteroatoms. The molecule has 0 N–H and O–H groups in total. The molecule has 0 radical (unpaired) electrons. The fraction of sp³-hybridized carbons (Fsp3) is 0.400. The van der Waals surface area contributed by atoms with Crippen molar-refractivity contribution in [1.82, 2.24) is 14.5 Å². The van der Waals surface area contributed by atoms with Gasteiger partial charge in [-0.3, -0.25) is 24.3 Å². The maximum Gasteiger partial charge on any atom is 0.270 e. The standard InChI is InChI=1S/C25H29ClN4O4/c1-4-6-7-10-15-29(25(32)18-14-13-17(30(33)34)16-20(18)26)22(5-2)23-27-21-12-9-8-11-19(21)24(31)28(23)3/h8-9,11-14,16,22H,4-7,10,15H2,1-3H3. The average Bonchev–Trinajstić information content (AvgIpc) is 2.83. The number of nitrogens with zero attached hydrogens (tertiary/aromatic N) is 4. The number of rotatable bonds is 10. The third-order valence-corrected chi connectivity index (χ3v) is 6.30. The normalized spacial score (nSPS) is 12.0. The molecule has 0 fully saturated rings. The van der Waals surface area contributed by atoms with E-state index in [0.29, 0.717) is 29.7 Å². The summed E-state index contributed by atoms with van der Waals surface area (Å²) in [7, 11) is 1.67. The van der Waals surface area contributed by atoms with Crippen LogP contribution >= 0.6 is 11.6 Å². The van der Waals surface area contributed by atoms with E-state index >= 15 is 0 Å². The molecule has 8 nitrogen and oxygen atoms in total. The molecule has 0 saturated heterocycles. The SMILES string of the molecule is CCCCCCN(C(=O)c1ccc([N+](=O)[O-])cc1Cl)C(CC)c1nc2ccccc2c(=O)n1C. The highest BCUT2D eigenvalue weighted by Gasteiger charge is 2.29. The summed E-state index contributed by atoms with van der Waals surface area (Å²) in [6, 6.07) is 10.5. The van der Waals surface area contributed by atoms with Gasteiger partial charge in [-0.2, -0.15) is 0 Å². The van der Waals surface area contributed by atoms with Crippen molar-refractivity contribution in [2.45, 2.75) is 52.0 Å². The molecule has 0 saturated carbocycles. The summed E-state index contributed by atoms with van der Waals surface area (Å²) in [5.41, 5.74) is 0.408. The molecule has 1 aromatic heterocycles. The van der Waals surface area contributed by atoms with Gasteiger partial charge in [0.2, 0.25) is 0 Å². The first kappa shape index (κ1) is 25.4. The minimum atomic E-state index is -0.549. The minimum absolute atomic E-state index is 0.0213. The lowest BCUT2D eigenvalue weighted by molar-refractivity contribution is -0.384. The summed E-state index contributed by atoms with van der Waals surface area (Å²) in [4.78, 5) is 43.7. The number of halogens is 1. The van der Waals surface area contributed by atoms with Gasteiger partial charge in [0.15, 0.2) is 0 Å². The fourth-order valence-corrected chi connectivity index (χ4v) is 4.38. The molecule has 3 aromatic rings. The van der Waals surface area contributed by atoms with Gasteiger partial charge in [-0.25, -0.2) is 4.98 Å². The Kier molecular flexibility index (Phi) is 8.39. The van der Waals surface area contributed by atoms with Crippen LogP contribution in [0.2, 0.25) is 5.02 Å². The highest BCUT2D eigenvalue weighted by Crippen LogP contribution is 2.29. The topological polar surface area (TPSA) is 98.3 Å². The first-order valence-electron chi connectivity index (χ1n) is 11.5. The Morgan fingerprint density at radius 2 is 1.91 bits per heavy atom. The van der Waals surface area contributed by atoms with E-state index in [2.05, 4.69) is 6.92 Å². The van der Waals surface area contributed by atoms with Crippen LogP contribution in [0.25, 0.3) is 10.9 Å². The lowest BCUT2D eigenvalue weighted by Gasteiger charge is -2.32. The molecule has 1 atom stereocenters. The van der Waals surface area contributed by atoms with Crippen LogP contribution < -0.4 is 5.56 Å². The number of hydrogen-bond acceptors (Lipinski definition) is 5. The van der Waals surface area contributed by atoms with Crippen molar-refractivity contribution in [2.24, 2.45) is 7.05 Å². The monoisotopic (exact) mass is 484 g/mol. The maximum absolute atomic E-state index is 13.7. The zero-order valence-electron chi connectivity index (χ0n) is 19.7. The number of nitro benzene ring substituents is 1. The predicted octanol–water partition coefficient (Wildman–Crippen LogP) is 5.67. The van der Waals surface area contributed by atoms with Gasteiger partial charge in [-0.1, -0.05) is 56.8 Å². The summed E-state index contributed by atoms with van der Waals surface area (Å²) in [5.74, 6) is 0.152. The number of hydrogen-bond donors (Lipinski definition) is 0. The van der Waals surface area contributed by atoms with E-state index in [1.807, 2.05) is 13.0 Å². The van der Waals surface area contributed by atoms with Crippen LogP contribution in [0, 0.1) is 10.1 Å². The Hall–Kier alpha value is -3.26. The van der Waals surface area contributed by atoms with Crippen molar-refractivity contribution >= 4 is 34.1 Å². The lowest BCUT2D eigenvalue weighted by Crippen LogP contribution is -2.39. The number of benzene rings is 2. The number of carbonyl (C=O) groups excluding carboxylic acids is 1. The van der Waals surface area contributed by atoms with Gasteiger partial charge in [0.05, 0.1) is 32.5 Å². The van der Waals surface area contributed by atoms with Crippen molar-refractivity contribution in [3.63, 3.8) is 0 Å². The Morgan fingerprint density at radius 3 is 2.56 bits per heavy atom. The highest BCUT2D eigenvalue weighted by atomic mass is 35.5. The first-order chi connectivity index (χ1) is 16.3. The summed E-state index contributed by atoms with van der Waals surface area (Å²) in [5, 5.41) is 11.6. The zero-order chi connectivity index (χ0) is 24.8. The van der Waals surface area contributed by atoms with Crippen LogP contribution in [0.15, 0.2) is 47.3 Å². The number of non-ortho nitro benzene ring substituents is 1. The van der Waals surface area contributed by atoms with Crippen molar-refractivity contribution in [2.75, 3.05) is 6.54 Å². The zero-order valence-corrected chi connectivity index (χ0v) is 20.4. The van der Waals surface area contributed by atoms with Gasteiger partial charge >= 0.3 is 0 Å². The molecule has 0 aliphatic rings. The predicted molar refractivity (Wildman–Crippen MR) is 133 cm³/mol. The second-order valence-electron chi connectivity index (χ2n) is 8.26. The molecular weight excluding hydrogens is 456 g/mol. The van der Waals surface area contributed by atoms with E-state index in [1.165, 1.54) is 22.8 Å². The molecule has 0 aliphatic carbocycles. The van der Waals surface area contributed by atoms with Crippen molar-refractivity contribution in [3.8, 4) is 0 Å². The van der Waals surface area contributed by atoms with Gasteiger partial charge in [0, 0.05) is 25.7 Å². The quantitative estimate of drug-likeness (QED) is 0.210. The summed E-state index contributed by atoms with van der Waals surface area (Å²) >= 11 is 6.30. The fourth-order valence-electron chi connectivity index (χ4n) is 4.13. The Morgan fingerprint density at radius 1 is 1.18 bits per heavy atom. The third-order valence-electron chi connectivity index (χ3n) is 5.99. The Labute approximate surface area is 203 Å². The van der Waals surface area contributed by atoms with Crippen LogP contribution in [0.5, 0.6) is 0 Å². The largest absolute Gasteiger partial charge is 0.328 e. The second kappa shape index (κ2) is 11.2. The van der Waals surface area contributed by atoms with Crippen molar-refractivity contribution in [1.29, 1.82) is 0 Å². The smallest absolute Gasteiger partial charge is 0.270 e. The summed E-state index contributed by atoms with van der Waals surface area (Å²) in [6.45, 7) is 4.51. The maximum atomic E-state index is 13.7. The molecular formula is C25H29ClN4O4. The third kappa shape index (κ3) is 5.28. The van der Waals surface area contributed by atoms with Crippen LogP contribution in [-0.4, -0.2) is 31.8 Å². The van der Waals surface area contributed by atoms with E-state index in [4.69, 9.17) is 16.6 Å². The van der Waals surface area contributed by atoms with Gasteiger partial charge in [-0.15, -0.1) is 0 Å². The molecule has 0 aliphatic heterocycles. The number of unbranched alkanes of at least 4 members (excludes halogenated alkanes) is 3. The molecule has 3 rings (SSSR count). The van der Waals surface area contributed by atoms with E-state index < -0.39 is 11.0 Å². The summed E-state index contributed by atoms with van der Waals surface area (Å²) < 4.78 is 1.50. The van der Waals surface area contributed by atoms with Gasteiger partial charge in [0.1, 0.15) is 5.82 Å². The van der Waals surface area contributed by atoms with Gasteiger partial charge in [0.25, 0.3) is 17.2 Å². The van der Waals surface area contributed by atoms with Crippen LogP contribution in [-0.2, 0) is 7.05 Å². The number of nitro groups is 1. The van der Waals surface area contributed by atoms with Crippen molar-refractivity contribution in [3.05, 3.63) is 79.3 Å². The van der Waals surface area contributed by atoms with Crippen LogP contribution in [0.4, 0.5) is 5.69 Å². The number of aromatic nitrogens is 2. The number of carbonyl (C=O) groups is 1. The van der Waals surface area contributed by atoms with E-state index in [-0.39, 0.29) is 27.7 Å². The van der Waals surface area contributed by atoms with Gasteiger partial charge < -0.3 is 4.90 Å². The molecule has 1 unspecified atom stereocenters. The van der Waals surface area contributed by atoms with E-state index in [0.717, 1.165) is 25.7 Å².